The highest BCUT2D eigenvalue weighted by molar-refractivity contribution is 7.91. The maximum absolute atomic E-state index is 12.8. The van der Waals surface area contributed by atoms with Gasteiger partial charge in [0.15, 0.2) is 0 Å². The molecule has 0 aliphatic rings. The number of hydrogen-bond donors (Lipinski definition) is 3. The number of hydrogen-bond acceptors (Lipinski definition) is 5. The van der Waals surface area contributed by atoms with Crippen LogP contribution >= 0.6 is 11.3 Å². The van der Waals surface area contributed by atoms with Crippen LogP contribution < -0.4 is 4.72 Å². The van der Waals surface area contributed by atoms with E-state index in [0.717, 1.165) is 23.5 Å². The summed E-state index contributed by atoms with van der Waals surface area (Å²) >= 11 is 0.822. The Labute approximate surface area is 190 Å². The van der Waals surface area contributed by atoms with Gasteiger partial charge in [-0.05, 0) is 42.0 Å². The molecule has 0 unspecified atom stereocenters. The molecule has 2 aromatic carbocycles. The summed E-state index contributed by atoms with van der Waals surface area (Å²) in [4.78, 5) is 19.4. The summed E-state index contributed by atoms with van der Waals surface area (Å²) in [5.74, 6) is -1.07. The van der Waals surface area contributed by atoms with Gasteiger partial charge in [0.05, 0.1) is 16.6 Å². The van der Waals surface area contributed by atoms with Crippen LogP contribution in [0.15, 0.2) is 64.9 Å². The van der Waals surface area contributed by atoms with E-state index in [1.807, 2.05) is 0 Å². The fourth-order valence-electron chi connectivity index (χ4n) is 3.16. The molecule has 0 aliphatic carbocycles. The SMILES string of the molecule is O=C(O)[C@H](Cc1nc2ccccc2[nH]1)NS(=O)(=O)c1ccc(-c2ccc(C(F)(F)F)cc2)s1. The second kappa shape index (κ2) is 8.61. The van der Waals surface area contributed by atoms with Crippen molar-refractivity contribution < 1.29 is 31.5 Å². The minimum absolute atomic E-state index is 0.159. The van der Waals surface area contributed by atoms with Gasteiger partial charge < -0.3 is 10.1 Å². The Morgan fingerprint density at radius 1 is 1.09 bits per heavy atom. The third-order valence-electron chi connectivity index (χ3n) is 4.77. The number of sulfonamides is 1. The normalized spacial score (nSPS) is 13.3. The number of aromatic nitrogens is 2. The molecule has 0 bridgehead atoms. The fraction of sp³-hybridized carbons (Fsp3) is 0.143. The largest absolute Gasteiger partial charge is 0.480 e. The summed E-state index contributed by atoms with van der Waals surface area (Å²) in [6, 6.07) is 12.6. The second-order valence-electron chi connectivity index (χ2n) is 7.11. The van der Waals surface area contributed by atoms with Crippen molar-refractivity contribution in [3.8, 4) is 10.4 Å². The predicted octanol–water partition coefficient (Wildman–Crippen LogP) is 4.28. The lowest BCUT2D eigenvalue weighted by molar-refractivity contribution is -0.139. The van der Waals surface area contributed by atoms with Crippen LogP contribution in [-0.2, 0) is 27.4 Å². The van der Waals surface area contributed by atoms with Crippen molar-refractivity contribution in [1.82, 2.24) is 14.7 Å². The van der Waals surface area contributed by atoms with E-state index in [-0.39, 0.29) is 10.6 Å². The molecule has 1 atom stereocenters. The van der Waals surface area contributed by atoms with Crippen molar-refractivity contribution >= 4 is 38.4 Å². The van der Waals surface area contributed by atoms with Gasteiger partial charge in [0, 0.05) is 11.3 Å². The molecular formula is C21H16F3N3O4S2. The third kappa shape index (κ3) is 5.07. The number of rotatable bonds is 7. The highest BCUT2D eigenvalue weighted by atomic mass is 32.2. The number of nitrogens with one attached hydrogen (secondary N) is 2. The van der Waals surface area contributed by atoms with Crippen molar-refractivity contribution in [2.45, 2.75) is 22.8 Å². The first-order valence-electron chi connectivity index (χ1n) is 9.49. The molecule has 0 saturated heterocycles. The number of carboxylic acids is 1. The molecule has 4 rings (SSSR count). The number of aromatic amines is 1. The number of halogens is 3. The monoisotopic (exact) mass is 495 g/mol. The van der Waals surface area contributed by atoms with Gasteiger partial charge in [-0.3, -0.25) is 4.79 Å². The molecule has 0 radical (unpaired) electrons. The summed E-state index contributed by atoms with van der Waals surface area (Å²) in [5, 5.41) is 9.54. The number of imidazole rings is 1. The molecule has 12 heteroatoms. The van der Waals surface area contributed by atoms with E-state index >= 15 is 0 Å². The molecule has 0 fully saturated rings. The summed E-state index contributed by atoms with van der Waals surface area (Å²) in [5.41, 5.74) is 0.914. The van der Waals surface area contributed by atoms with Gasteiger partial charge in [0.25, 0.3) is 10.0 Å². The summed E-state index contributed by atoms with van der Waals surface area (Å²) in [6.45, 7) is 0. The van der Waals surface area contributed by atoms with Crippen LogP contribution in [0.3, 0.4) is 0 Å². The maximum Gasteiger partial charge on any atom is 0.416 e. The molecule has 0 saturated carbocycles. The fourth-order valence-corrected chi connectivity index (χ4v) is 5.68. The number of aliphatic carboxylic acids is 1. The van der Waals surface area contributed by atoms with Crippen molar-refractivity contribution in [2.24, 2.45) is 0 Å². The van der Waals surface area contributed by atoms with Gasteiger partial charge in [-0.25, -0.2) is 13.4 Å². The van der Waals surface area contributed by atoms with Gasteiger partial charge in [-0.2, -0.15) is 17.9 Å². The number of fused-ring (bicyclic) bond motifs is 1. The van der Waals surface area contributed by atoms with Crippen LogP contribution in [-0.4, -0.2) is 35.5 Å². The van der Waals surface area contributed by atoms with E-state index in [1.165, 1.54) is 24.3 Å². The molecular weight excluding hydrogens is 479 g/mol. The first-order chi connectivity index (χ1) is 15.5. The van der Waals surface area contributed by atoms with Gasteiger partial charge in [0.2, 0.25) is 0 Å². The molecule has 7 nitrogen and oxygen atoms in total. The minimum Gasteiger partial charge on any atom is -0.480 e. The number of carboxylic acid groups (broad SMARTS) is 1. The Bertz CT molecular complexity index is 1380. The van der Waals surface area contributed by atoms with Crippen molar-refractivity contribution in [3.05, 3.63) is 72.1 Å². The average Bonchev–Trinajstić information content (AvgIpc) is 3.40. The van der Waals surface area contributed by atoms with Crippen molar-refractivity contribution in [2.75, 3.05) is 0 Å². The third-order valence-corrected chi connectivity index (χ3v) is 7.87. The van der Waals surface area contributed by atoms with Crippen LogP contribution in [0.5, 0.6) is 0 Å². The molecule has 172 valence electrons. The number of para-hydroxylation sites is 2. The topological polar surface area (TPSA) is 112 Å². The van der Waals surface area contributed by atoms with E-state index in [2.05, 4.69) is 14.7 Å². The highest BCUT2D eigenvalue weighted by Crippen LogP contribution is 2.34. The first-order valence-corrected chi connectivity index (χ1v) is 11.8. The van der Waals surface area contributed by atoms with E-state index in [9.17, 15) is 31.5 Å². The second-order valence-corrected chi connectivity index (χ2v) is 10.1. The zero-order valence-corrected chi connectivity index (χ0v) is 18.3. The van der Waals surface area contributed by atoms with Crippen LogP contribution in [0, 0.1) is 0 Å². The molecule has 33 heavy (non-hydrogen) atoms. The lowest BCUT2D eigenvalue weighted by Gasteiger charge is -2.12. The van der Waals surface area contributed by atoms with Crippen LogP contribution in [0.1, 0.15) is 11.4 Å². The molecule has 4 aromatic rings. The maximum atomic E-state index is 12.8. The Hall–Kier alpha value is -3.22. The average molecular weight is 496 g/mol. The van der Waals surface area contributed by atoms with E-state index < -0.39 is 33.8 Å². The summed E-state index contributed by atoms with van der Waals surface area (Å²) in [7, 11) is -4.21. The number of nitrogens with zero attached hydrogens (tertiary/aromatic N) is 1. The number of H-pyrrole nitrogens is 1. The Kier molecular flexibility index (Phi) is 5.99. The standard InChI is InChI=1S/C21H16F3N3O4S2/c22-21(23,24)13-7-5-12(6-8-13)17-9-10-19(32-17)33(30,31)27-16(20(28)29)11-18-25-14-3-1-2-4-15(14)26-18/h1-10,16,27H,11H2,(H,25,26)(H,28,29)/t16-/m0/s1. The Morgan fingerprint density at radius 2 is 1.79 bits per heavy atom. The molecule has 2 aromatic heterocycles. The highest BCUT2D eigenvalue weighted by Gasteiger charge is 2.30. The predicted molar refractivity (Wildman–Crippen MR) is 116 cm³/mol. The molecule has 2 heterocycles. The van der Waals surface area contributed by atoms with Gasteiger partial charge >= 0.3 is 12.1 Å². The Morgan fingerprint density at radius 3 is 2.42 bits per heavy atom. The van der Waals surface area contributed by atoms with E-state index in [4.69, 9.17) is 0 Å². The summed E-state index contributed by atoms with van der Waals surface area (Å²) < 4.78 is 65.8. The zero-order valence-electron chi connectivity index (χ0n) is 16.6. The van der Waals surface area contributed by atoms with Crippen LogP contribution in [0.25, 0.3) is 21.5 Å². The minimum atomic E-state index is -4.47. The van der Waals surface area contributed by atoms with Crippen LogP contribution in [0.4, 0.5) is 13.2 Å². The quantitative estimate of drug-likeness (QED) is 0.354. The lowest BCUT2D eigenvalue weighted by Crippen LogP contribution is -2.42. The molecule has 3 N–H and O–H groups in total. The van der Waals surface area contributed by atoms with Crippen molar-refractivity contribution in [3.63, 3.8) is 0 Å². The first kappa shape index (κ1) is 23.0. The number of benzene rings is 2. The molecule has 0 amide bonds. The lowest BCUT2D eigenvalue weighted by atomic mass is 10.1. The van der Waals surface area contributed by atoms with Gasteiger partial charge in [-0.1, -0.05) is 24.3 Å². The summed E-state index contributed by atoms with van der Waals surface area (Å²) in [6.07, 6.45) is -4.68. The molecule has 0 spiro atoms. The number of thiophene rings is 1. The Balaban J connectivity index is 1.53. The zero-order chi connectivity index (χ0) is 23.8. The van der Waals surface area contributed by atoms with Crippen molar-refractivity contribution in [1.29, 1.82) is 0 Å². The smallest absolute Gasteiger partial charge is 0.416 e. The van der Waals surface area contributed by atoms with E-state index in [0.29, 0.717) is 27.3 Å². The van der Waals surface area contributed by atoms with Gasteiger partial charge in [0.1, 0.15) is 16.1 Å². The van der Waals surface area contributed by atoms with Gasteiger partial charge in [-0.15, -0.1) is 11.3 Å². The number of alkyl halides is 3. The molecule has 0 aliphatic heterocycles. The number of carbonyl (C=O) groups is 1. The van der Waals surface area contributed by atoms with Crippen LogP contribution in [0.2, 0.25) is 0 Å². The van der Waals surface area contributed by atoms with E-state index in [1.54, 1.807) is 24.3 Å².